The number of benzene rings is 3. The summed E-state index contributed by atoms with van der Waals surface area (Å²) >= 11 is 0. The summed E-state index contributed by atoms with van der Waals surface area (Å²) in [6.45, 7) is -0.305. The highest BCUT2D eigenvalue weighted by molar-refractivity contribution is 5.47. The highest BCUT2D eigenvalue weighted by Crippen LogP contribution is 2.41. The van der Waals surface area contributed by atoms with E-state index in [9.17, 15) is 29.3 Å². The molecule has 202 valence electrons. The van der Waals surface area contributed by atoms with Crippen LogP contribution in [0.1, 0.15) is 22.9 Å². The van der Waals surface area contributed by atoms with Gasteiger partial charge < -0.3 is 24.8 Å². The molecule has 10 heteroatoms. The quantitative estimate of drug-likeness (QED) is 0.265. The minimum atomic E-state index is -1.80. The molecule has 1 aliphatic heterocycles. The van der Waals surface area contributed by atoms with E-state index >= 15 is 0 Å². The average Bonchev–Trinajstić information content (AvgIpc) is 2.97. The summed E-state index contributed by atoms with van der Waals surface area (Å²) < 4.78 is 27.1. The molecular formula is C29H27FN2O7. The zero-order valence-corrected chi connectivity index (χ0v) is 20.6. The monoisotopic (exact) mass is 534 g/mol. The van der Waals surface area contributed by atoms with Crippen LogP contribution in [0.3, 0.4) is 0 Å². The number of aromatic nitrogens is 2. The molecular weight excluding hydrogens is 507 g/mol. The van der Waals surface area contributed by atoms with Gasteiger partial charge in [-0.3, -0.25) is 14.3 Å². The van der Waals surface area contributed by atoms with Crippen molar-refractivity contribution < 1.29 is 29.2 Å². The van der Waals surface area contributed by atoms with Crippen molar-refractivity contribution in [3.8, 4) is 0 Å². The van der Waals surface area contributed by atoms with Gasteiger partial charge in [-0.05, 0) is 16.7 Å². The van der Waals surface area contributed by atoms with Gasteiger partial charge in [-0.15, -0.1) is 0 Å². The third-order valence-corrected chi connectivity index (χ3v) is 6.89. The second-order valence-electron chi connectivity index (χ2n) is 9.27. The van der Waals surface area contributed by atoms with Crippen LogP contribution in [0.25, 0.3) is 0 Å². The zero-order valence-electron chi connectivity index (χ0n) is 20.6. The highest BCUT2D eigenvalue weighted by Gasteiger charge is 2.47. The van der Waals surface area contributed by atoms with Crippen molar-refractivity contribution in [2.45, 2.75) is 36.2 Å². The van der Waals surface area contributed by atoms with E-state index < -0.39 is 53.3 Å². The molecule has 4 aromatic rings. The Morgan fingerprint density at radius 3 is 1.77 bits per heavy atom. The first kappa shape index (κ1) is 26.7. The molecule has 2 heterocycles. The Bertz CT molecular complexity index is 1420. The Balaban J connectivity index is 1.56. The number of hydrogen-bond donors (Lipinski definition) is 4. The molecule has 0 unspecified atom stereocenters. The van der Waals surface area contributed by atoms with Gasteiger partial charge in [0.05, 0.1) is 12.8 Å². The maximum atomic E-state index is 14.0. The largest absolute Gasteiger partial charge is 0.387 e. The molecule has 0 radical (unpaired) electrons. The molecule has 1 aliphatic rings. The van der Waals surface area contributed by atoms with Gasteiger partial charge in [0.1, 0.15) is 30.0 Å². The van der Waals surface area contributed by atoms with Gasteiger partial charge in [0, 0.05) is 0 Å². The molecule has 9 nitrogen and oxygen atoms in total. The van der Waals surface area contributed by atoms with Crippen molar-refractivity contribution in [1.82, 2.24) is 9.55 Å². The molecule has 0 amide bonds. The summed E-state index contributed by atoms with van der Waals surface area (Å²) in [7, 11) is 0. The lowest BCUT2D eigenvalue weighted by Crippen LogP contribution is -2.58. The number of halogens is 1. The lowest BCUT2D eigenvalue weighted by Gasteiger charge is -2.43. The molecule has 39 heavy (non-hydrogen) atoms. The first-order valence-electron chi connectivity index (χ1n) is 12.3. The molecule has 0 spiro atoms. The van der Waals surface area contributed by atoms with Crippen molar-refractivity contribution in [3.05, 3.63) is 141 Å². The first-order chi connectivity index (χ1) is 18.8. The maximum Gasteiger partial charge on any atom is 0.330 e. The number of H-pyrrole nitrogens is 1. The average molecular weight is 535 g/mol. The summed E-state index contributed by atoms with van der Waals surface area (Å²) in [5.74, 6) is -1.28. The predicted octanol–water partition coefficient (Wildman–Crippen LogP) is 1.66. The molecule has 5 rings (SSSR count). The Labute approximate surface area is 222 Å². The molecule has 1 fully saturated rings. The minimum absolute atomic E-state index is 0.305. The predicted molar refractivity (Wildman–Crippen MR) is 138 cm³/mol. The molecule has 1 saturated heterocycles. The minimum Gasteiger partial charge on any atom is -0.387 e. The molecule has 3 aromatic carbocycles. The molecule has 0 bridgehead atoms. The third kappa shape index (κ3) is 4.96. The third-order valence-electron chi connectivity index (χ3n) is 6.89. The van der Waals surface area contributed by atoms with Crippen molar-refractivity contribution >= 4 is 0 Å². The fraction of sp³-hybridized carbons (Fsp3) is 0.241. The van der Waals surface area contributed by atoms with Gasteiger partial charge in [-0.2, -0.15) is 4.39 Å². The van der Waals surface area contributed by atoms with Gasteiger partial charge >= 0.3 is 5.69 Å². The van der Waals surface area contributed by atoms with Crippen molar-refractivity contribution in [2.24, 2.45) is 0 Å². The van der Waals surface area contributed by atoms with Crippen LogP contribution in [-0.4, -0.2) is 55.9 Å². The number of aliphatic hydroxyl groups excluding tert-OH is 3. The smallest absolute Gasteiger partial charge is 0.330 e. The lowest BCUT2D eigenvalue weighted by molar-refractivity contribution is -0.259. The molecule has 0 aliphatic carbocycles. The van der Waals surface area contributed by atoms with E-state index in [4.69, 9.17) is 9.47 Å². The zero-order chi connectivity index (χ0) is 27.6. The van der Waals surface area contributed by atoms with Gasteiger partial charge in [0.2, 0.25) is 5.82 Å². The first-order valence-corrected chi connectivity index (χ1v) is 12.3. The molecule has 1 aromatic heterocycles. The Morgan fingerprint density at radius 1 is 0.795 bits per heavy atom. The topological polar surface area (TPSA) is 134 Å². The van der Waals surface area contributed by atoms with Gasteiger partial charge in [-0.1, -0.05) is 91.0 Å². The van der Waals surface area contributed by atoms with Crippen LogP contribution in [0.4, 0.5) is 4.39 Å². The molecule has 5 atom stereocenters. The van der Waals surface area contributed by atoms with Crippen LogP contribution in [-0.2, 0) is 15.1 Å². The number of nitrogens with zero attached hydrogens (tertiary/aromatic N) is 1. The van der Waals surface area contributed by atoms with E-state index in [-0.39, 0.29) is 6.61 Å². The van der Waals surface area contributed by atoms with Gasteiger partial charge in [-0.25, -0.2) is 4.79 Å². The van der Waals surface area contributed by atoms with Crippen LogP contribution in [0.2, 0.25) is 0 Å². The van der Waals surface area contributed by atoms with E-state index in [1.165, 1.54) is 0 Å². The van der Waals surface area contributed by atoms with Crippen LogP contribution in [0.5, 0.6) is 0 Å². The SMILES string of the molecule is O=c1[nH]c(=O)n([C@@H]2O[C@H](COC(c3ccccc3)(c3ccccc3)c3ccccc3)[C@H](O)[C@H](O)[C@H]2O)cc1F. The number of ether oxygens (including phenoxy) is 2. The van der Waals surface area contributed by atoms with E-state index in [1.54, 1.807) is 4.98 Å². The molecule has 4 N–H and O–H groups in total. The second-order valence-corrected chi connectivity index (χ2v) is 9.27. The Hall–Kier alpha value is -3.93. The van der Waals surface area contributed by atoms with Crippen LogP contribution >= 0.6 is 0 Å². The lowest BCUT2D eigenvalue weighted by atomic mass is 9.80. The Kier molecular flexibility index (Phi) is 7.56. The van der Waals surface area contributed by atoms with Crippen molar-refractivity contribution in [3.63, 3.8) is 0 Å². The Morgan fingerprint density at radius 2 is 1.28 bits per heavy atom. The van der Waals surface area contributed by atoms with Crippen LogP contribution in [0, 0.1) is 5.82 Å². The summed E-state index contributed by atoms with van der Waals surface area (Å²) in [6, 6.07) is 28.3. The van der Waals surface area contributed by atoms with E-state index in [1.807, 2.05) is 91.0 Å². The van der Waals surface area contributed by atoms with E-state index in [0.29, 0.717) is 10.8 Å². The summed E-state index contributed by atoms with van der Waals surface area (Å²) in [5, 5.41) is 32.0. The number of aliphatic hydroxyl groups is 3. The summed E-state index contributed by atoms with van der Waals surface area (Å²) in [6.07, 6.45) is -7.47. The standard InChI is InChI=1S/C29H27FN2O7/c30-21-16-32(28(37)31-26(21)36)27-25(35)24(34)23(33)22(39-27)17-38-29(18-10-4-1-5-11-18,19-12-6-2-7-13-19)20-14-8-3-9-15-20/h1-16,22-25,27,33-35H,17H2,(H,31,36,37)/t22-,23+,24+,25-,27-/m1/s1. The summed E-state index contributed by atoms with van der Waals surface area (Å²) in [5.41, 5.74) is -1.12. The van der Waals surface area contributed by atoms with Crippen LogP contribution < -0.4 is 11.2 Å². The summed E-state index contributed by atoms with van der Waals surface area (Å²) in [4.78, 5) is 25.7. The van der Waals surface area contributed by atoms with E-state index in [0.717, 1.165) is 16.7 Å². The second kappa shape index (κ2) is 11.0. The van der Waals surface area contributed by atoms with Crippen molar-refractivity contribution in [1.29, 1.82) is 0 Å². The molecule has 0 saturated carbocycles. The normalized spacial score (nSPS) is 23.4. The number of aromatic amines is 1. The number of nitrogens with one attached hydrogen (secondary N) is 1. The van der Waals surface area contributed by atoms with E-state index in [2.05, 4.69) is 0 Å². The number of rotatable bonds is 7. The van der Waals surface area contributed by atoms with Gasteiger partial charge in [0.15, 0.2) is 6.23 Å². The fourth-order valence-corrected chi connectivity index (χ4v) is 4.92. The van der Waals surface area contributed by atoms with Crippen LogP contribution in [0.15, 0.2) is 107 Å². The van der Waals surface area contributed by atoms with Gasteiger partial charge in [0.25, 0.3) is 5.56 Å². The fourth-order valence-electron chi connectivity index (χ4n) is 4.92. The number of hydrogen-bond acceptors (Lipinski definition) is 7. The van der Waals surface area contributed by atoms with Crippen molar-refractivity contribution in [2.75, 3.05) is 6.61 Å². The highest BCUT2D eigenvalue weighted by atomic mass is 19.1. The maximum absolute atomic E-state index is 14.0.